The molecule has 0 aliphatic heterocycles. The van der Waals surface area contributed by atoms with Gasteiger partial charge in [0.15, 0.2) is 11.6 Å². The predicted octanol–water partition coefficient (Wildman–Crippen LogP) is 3.04. The number of carbonyl (C=O) groups excluding carboxylic acids is 2. The van der Waals surface area contributed by atoms with Crippen LogP contribution in [-0.2, 0) is 30.4 Å². The molecule has 15 nitrogen and oxygen atoms in total. The van der Waals surface area contributed by atoms with Crippen molar-refractivity contribution in [3.8, 4) is 11.1 Å². The molecule has 0 amide bonds. The standard InChI is InChI=1S/C29H19N3O12S3/c30-17-11-20(22(47(42,43)44)12-21(17)46(39,40)41)31-19-9-8-18-24-23(15-6-1-2-7-16(15)28(34)25(19)24)26(29(35)32-18)27(33)13-4-3-5-14(10-13)45(36,37)38/h1-12,31H,30H2,(H,32,35)(H,36,37,38)(H,39,40,41)(H,42,43,44). The SMILES string of the molecule is Nc1cc(Nc2ccc3[nH]c(=O)c(C(=O)c4cccc(S(=O)(=O)O)c4)c4c3c2C(=O)c2ccccc2-4)c(S(=O)(=O)O)cc1S(=O)(=O)O. The smallest absolute Gasteiger partial charge is 0.296 e. The van der Waals surface area contributed by atoms with Gasteiger partial charge in [0, 0.05) is 27.6 Å². The fourth-order valence-corrected chi connectivity index (χ4v) is 7.33. The van der Waals surface area contributed by atoms with Crippen molar-refractivity contribution in [3.05, 3.63) is 105 Å². The summed E-state index contributed by atoms with van der Waals surface area (Å²) in [4.78, 5) is 41.3. The minimum atomic E-state index is -5.17. The summed E-state index contributed by atoms with van der Waals surface area (Å²) in [5, 5.41) is 2.69. The zero-order chi connectivity index (χ0) is 34.2. The number of nitrogen functional groups attached to an aromatic ring is 1. The average molecular weight is 698 g/mol. The maximum absolute atomic E-state index is 14.0. The molecule has 1 aromatic heterocycles. The van der Waals surface area contributed by atoms with Gasteiger partial charge >= 0.3 is 0 Å². The normalized spacial score (nSPS) is 13.0. The lowest BCUT2D eigenvalue weighted by Crippen LogP contribution is -2.24. The Bertz CT molecular complexity index is 2650. The number of pyridine rings is 1. The van der Waals surface area contributed by atoms with Crippen LogP contribution in [0.5, 0.6) is 0 Å². The van der Waals surface area contributed by atoms with Crippen LogP contribution in [0.25, 0.3) is 22.0 Å². The van der Waals surface area contributed by atoms with Crippen LogP contribution >= 0.6 is 0 Å². The van der Waals surface area contributed by atoms with E-state index in [-0.39, 0.29) is 44.4 Å². The number of aromatic nitrogens is 1. The number of rotatable bonds is 7. The Morgan fingerprint density at radius 1 is 0.702 bits per heavy atom. The number of carbonyl (C=O) groups is 2. The first kappa shape index (κ1) is 31.7. The molecule has 0 bridgehead atoms. The fraction of sp³-hybridized carbons (Fsp3) is 0. The molecule has 1 heterocycles. The highest BCUT2D eigenvalue weighted by molar-refractivity contribution is 7.87. The van der Waals surface area contributed by atoms with E-state index in [0.29, 0.717) is 6.07 Å². The van der Waals surface area contributed by atoms with Crippen LogP contribution in [0.15, 0.2) is 92.3 Å². The van der Waals surface area contributed by atoms with Crippen LogP contribution < -0.4 is 16.6 Å². The molecule has 0 atom stereocenters. The number of ketones is 2. The molecule has 0 spiro atoms. The predicted molar refractivity (Wildman–Crippen MR) is 167 cm³/mol. The molecule has 0 saturated carbocycles. The number of nitrogens with two attached hydrogens (primary N) is 1. The monoisotopic (exact) mass is 697 g/mol. The number of aromatic amines is 1. The molecule has 18 heteroatoms. The molecule has 0 fully saturated rings. The molecule has 4 aromatic carbocycles. The fourth-order valence-electron chi connectivity index (χ4n) is 5.45. The van der Waals surface area contributed by atoms with E-state index in [1.807, 2.05) is 0 Å². The van der Waals surface area contributed by atoms with Crippen molar-refractivity contribution in [1.82, 2.24) is 4.98 Å². The van der Waals surface area contributed by atoms with Gasteiger partial charge in [-0.3, -0.25) is 28.0 Å². The summed E-state index contributed by atoms with van der Waals surface area (Å²) in [6.07, 6.45) is 0. The maximum atomic E-state index is 14.0. The van der Waals surface area contributed by atoms with Crippen LogP contribution in [0.3, 0.4) is 0 Å². The summed E-state index contributed by atoms with van der Waals surface area (Å²) >= 11 is 0. The van der Waals surface area contributed by atoms with Crippen LogP contribution in [-0.4, -0.2) is 55.5 Å². The molecule has 0 unspecified atom stereocenters. The first-order valence-corrected chi connectivity index (χ1v) is 17.3. The molecule has 1 aliphatic rings. The van der Waals surface area contributed by atoms with Crippen molar-refractivity contribution in [2.45, 2.75) is 14.7 Å². The van der Waals surface area contributed by atoms with Gasteiger partial charge in [-0.2, -0.15) is 25.3 Å². The number of H-pyrrole nitrogens is 1. The lowest BCUT2D eigenvalue weighted by molar-refractivity contribution is 0.102. The van der Waals surface area contributed by atoms with Crippen LogP contribution in [0.1, 0.15) is 31.8 Å². The van der Waals surface area contributed by atoms with Crippen molar-refractivity contribution in [2.24, 2.45) is 0 Å². The lowest BCUT2D eigenvalue weighted by Gasteiger charge is -2.24. The van der Waals surface area contributed by atoms with Gasteiger partial charge in [-0.05, 0) is 42.0 Å². The minimum Gasteiger partial charge on any atom is -0.398 e. The quantitative estimate of drug-likeness (QED) is 0.0795. The van der Waals surface area contributed by atoms with Crippen LogP contribution in [0, 0.1) is 0 Å². The van der Waals surface area contributed by atoms with Crippen LogP contribution in [0.2, 0.25) is 0 Å². The van der Waals surface area contributed by atoms with Gasteiger partial charge in [0.05, 0.1) is 33.1 Å². The lowest BCUT2D eigenvalue weighted by atomic mass is 9.80. The molecular weight excluding hydrogens is 679 g/mol. The summed E-state index contributed by atoms with van der Waals surface area (Å²) in [5.41, 5.74) is 2.96. The molecule has 0 saturated heterocycles. The summed E-state index contributed by atoms with van der Waals surface area (Å²) < 4.78 is 100. The van der Waals surface area contributed by atoms with Gasteiger partial charge in [0.1, 0.15) is 9.79 Å². The molecule has 5 aromatic rings. The highest BCUT2D eigenvalue weighted by Gasteiger charge is 2.34. The number of fused-ring (bicyclic) bond motifs is 2. The molecule has 0 radical (unpaired) electrons. The molecule has 1 aliphatic carbocycles. The Labute approximate surface area is 264 Å². The van der Waals surface area contributed by atoms with Crippen molar-refractivity contribution in [1.29, 1.82) is 0 Å². The van der Waals surface area contributed by atoms with E-state index in [1.54, 1.807) is 6.07 Å². The number of hydrogen-bond donors (Lipinski definition) is 6. The van der Waals surface area contributed by atoms with E-state index in [9.17, 15) is 53.3 Å². The van der Waals surface area contributed by atoms with Gasteiger partial charge in [0.2, 0.25) is 0 Å². The summed E-state index contributed by atoms with van der Waals surface area (Å²) in [6, 6.07) is 14.2. The van der Waals surface area contributed by atoms with Gasteiger partial charge in [-0.15, -0.1) is 0 Å². The molecule has 47 heavy (non-hydrogen) atoms. The number of benzene rings is 4. The summed E-state index contributed by atoms with van der Waals surface area (Å²) in [5.74, 6) is -1.60. The maximum Gasteiger partial charge on any atom is 0.296 e. The third-order valence-electron chi connectivity index (χ3n) is 7.41. The first-order chi connectivity index (χ1) is 21.9. The zero-order valence-corrected chi connectivity index (χ0v) is 25.7. The van der Waals surface area contributed by atoms with Crippen molar-refractivity contribution in [2.75, 3.05) is 11.1 Å². The largest absolute Gasteiger partial charge is 0.398 e. The second kappa shape index (κ2) is 10.7. The Hall–Kier alpha value is -5.24. The van der Waals surface area contributed by atoms with Crippen molar-refractivity contribution < 1.29 is 48.5 Å². The van der Waals surface area contributed by atoms with E-state index < -0.39 is 79.1 Å². The third-order valence-corrected chi connectivity index (χ3v) is 10.1. The average Bonchev–Trinajstić information content (AvgIpc) is 2.98. The Kier molecular flexibility index (Phi) is 7.19. The van der Waals surface area contributed by atoms with Gasteiger partial charge in [0.25, 0.3) is 35.9 Å². The minimum absolute atomic E-state index is 0.0175. The van der Waals surface area contributed by atoms with Crippen molar-refractivity contribution in [3.63, 3.8) is 0 Å². The van der Waals surface area contributed by atoms with E-state index in [2.05, 4.69) is 10.3 Å². The van der Waals surface area contributed by atoms with Crippen LogP contribution in [0.4, 0.5) is 17.1 Å². The summed E-state index contributed by atoms with van der Waals surface area (Å²) in [6.45, 7) is 0. The Morgan fingerprint density at radius 2 is 1.36 bits per heavy atom. The number of nitrogens with one attached hydrogen (secondary N) is 2. The molecule has 6 rings (SSSR count). The zero-order valence-electron chi connectivity index (χ0n) is 23.2. The second-order valence-electron chi connectivity index (χ2n) is 10.3. The van der Waals surface area contributed by atoms with E-state index in [1.165, 1.54) is 42.5 Å². The Balaban J connectivity index is 1.66. The third kappa shape index (κ3) is 5.37. The number of hydrogen-bond acceptors (Lipinski definition) is 11. The topological polar surface area (TPSA) is 268 Å². The highest BCUT2D eigenvalue weighted by atomic mass is 32.2. The molecule has 7 N–H and O–H groups in total. The molecular formula is C29H19N3O12S3. The van der Waals surface area contributed by atoms with Gasteiger partial charge in [-0.25, -0.2) is 0 Å². The van der Waals surface area contributed by atoms with E-state index >= 15 is 0 Å². The van der Waals surface area contributed by atoms with E-state index in [0.717, 1.165) is 18.2 Å². The van der Waals surface area contributed by atoms with E-state index in [4.69, 9.17) is 5.73 Å². The first-order valence-electron chi connectivity index (χ1n) is 13.0. The summed E-state index contributed by atoms with van der Waals surface area (Å²) in [7, 11) is -14.9. The molecule has 240 valence electrons. The number of anilines is 3. The Morgan fingerprint density at radius 3 is 2.00 bits per heavy atom. The van der Waals surface area contributed by atoms with Gasteiger partial charge in [-0.1, -0.05) is 36.4 Å². The van der Waals surface area contributed by atoms with Crippen molar-refractivity contribution >= 4 is 69.9 Å². The highest BCUT2D eigenvalue weighted by Crippen LogP contribution is 2.44. The van der Waals surface area contributed by atoms with Gasteiger partial charge < -0.3 is 16.0 Å². The second-order valence-corrected chi connectivity index (χ2v) is 14.5.